The molecule has 0 saturated carbocycles. The van der Waals surface area contributed by atoms with Crippen molar-refractivity contribution in [3.63, 3.8) is 0 Å². The topological polar surface area (TPSA) is 17.3 Å². The molecule has 1 radical (unpaired) electrons. The molecule has 0 bridgehead atoms. The Bertz CT molecular complexity index is 68.8. The van der Waals surface area contributed by atoms with Crippen LogP contribution in [0.2, 0.25) is 0 Å². The molecule has 1 atom stereocenters. The van der Waals surface area contributed by atoms with Crippen LogP contribution in [0.1, 0.15) is 0 Å². The van der Waals surface area contributed by atoms with E-state index >= 15 is 0 Å². The lowest BCUT2D eigenvalue weighted by molar-refractivity contribution is 0.277. The minimum atomic E-state index is 0.376. The number of halogens is 1. The van der Waals surface area contributed by atoms with E-state index in [4.69, 9.17) is 0 Å². The maximum atomic E-state index is 4.26. The molecule has 1 rings (SSSR count). The van der Waals surface area contributed by atoms with Crippen molar-refractivity contribution in [3.8, 4) is 0 Å². The van der Waals surface area contributed by atoms with Crippen LogP contribution in [0.4, 0.5) is 0 Å². The predicted octanol–water partition coefficient (Wildman–Crippen LogP) is 0.257. The zero-order valence-corrected chi connectivity index (χ0v) is 6.56. The van der Waals surface area contributed by atoms with Crippen molar-refractivity contribution in [2.75, 3.05) is 26.7 Å². The summed E-state index contributed by atoms with van der Waals surface area (Å²) in [5.74, 6) is 0. The Morgan fingerprint density at radius 1 is 1.75 bits per heavy atom. The lowest BCUT2D eigenvalue weighted by Crippen LogP contribution is -2.41. The second kappa shape index (κ2) is 2.80. The van der Waals surface area contributed by atoms with Gasteiger partial charge in [0.05, 0.1) is 4.95 Å². The average Bonchev–Trinajstić information content (AvgIpc) is 1.64. The number of hydrogen-bond acceptors (Lipinski definition) is 1. The maximum Gasteiger partial charge on any atom is 0.0923 e. The highest BCUT2D eigenvalue weighted by Gasteiger charge is 2.12. The van der Waals surface area contributed by atoms with Crippen LogP contribution in [0.3, 0.4) is 0 Å². The summed E-state index contributed by atoms with van der Waals surface area (Å²) < 4.78 is 0. The van der Waals surface area contributed by atoms with Gasteiger partial charge < -0.3 is 4.90 Å². The van der Waals surface area contributed by atoms with E-state index in [1.54, 1.807) is 0 Å². The summed E-state index contributed by atoms with van der Waals surface area (Å²) in [6.07, 6.45) is 0. The van der Waals surface area contributed by atoms with Gasteiger partial charge in [-0.1, -0.05) is 15.9 Å². The summed E-state index contributed by atoms with van der Waals surface area (Å²) in [6.45, 7) is 3.15. The molecule has 1 fully saturated rings. The highest BCUT2D eigenvalue weighted by molar-refractivity contribution is 9.09. The zero-order chi connectivity index (χ0) is 5.98. The summed E-state index contributed by atoms with van der Waals surface area (Å²) >= 11 is 3.42. The first-order chi connectivity index (χ1) is 3.79. The van der Waals surface area contributed by atoms with Gasteiger partial charge in [0.25, 0.3) is 0 Å². The molecule has 0 aliphatic carbocycles. The Morgan fingerprint density at radius 2 is 2.50 bits per heavy atom. The molecule has 0 amide bonds. The third-order valence-corrected chi connectivity index (χ3v) is 1.85. The van der Waals surface area contributed by atoms with Crippen LogP contribution in [0.25, 0.3) is 0 Å². The van der Waals surface area contributed by atoms with Crippen molar-refractivity contribution in [1.29, 1.82) is 0 Å². The Kier molecular flexibility index (Phi) is 2.28. The van der Waals surface area contributed by atoms with Crippen LogP contribution in [0.5, 0.6) is 0 Å². The molecule has 1 unspecified atom stereocenters. The van der Waals surface area contributed by atoms with E-state index in [-0.39, 0.29) is 0 Å². The molecule has 0 spiro atoms. The number of piperazine rings is 1. The highest BCUT2D eigenvalue weighted by atomic mass is 79.9. The molecule has 0 N–H and O–H groups in total. The van der Waals surface area contributed by atoms with Crippen LogP contribution in [-0.4, -0.2) is 36.5 Å². The molecule has 1 aliphatic heterocycles. The highest BCUT2D eigenvalue weighted by Crippen LogP contribution is 2.02. The maximum absolute atomic E-state index is 4.26. The van der Waals surface area contributed by atoms with E-state index in [0.717, 1.165) is 19.6 Å². The van der Waals surface area contributed by atoms with E-state index in [1.165, 1.54) is 0 Å². The molecule has 1 aliphatic rings. The largest absolute Gasteiger partial charge is 0.303 e. The first kappa shape index (κ1) is 6.52. The number of rotatable bonds is 0. The van der Waals surface area contributed by atoms with E-state index in [0.29, 0.717) is 4.95 Å². The van der Waals surface area contributed by atoms with Crippen molar-refractivity contribution in [2.45, 2.75) is 4.95 Å². The minimum absolute atomic E-state index is 0.376. The zero-order valence-electron chi connectivity index (χ0n) is 4.97. The van der Waals surface area contributed by atoms with E-state index in [9.17, 15) is 0 Å². The second-order valence-electron chi connectivity index (χ2n) is 2.10. The van der Waals surface area contributed by atoms with Gasteiger partial charge in [-0.25, -0.2) is 5.32 Å². The first-order valence-corrected chi connectivity index (χ1v) is 3.70. The first-order valence-electron chi connectivity index (χ1n) is 2.78. The van der Waals surface area contributed by atoms with Crippen LogP contribution in [-0.2, 0) is 0 Å². The molecule has 8 heavy (non-hydrogen) atoms. The molecule has 0 aromatic carbocycles. The molecule has 0 aromatic heterocycles. The number of nitrogens with zero attached hydrogens (tertiary/aromatic N) is 2. The second-order valence-corrected chi connectivity index (χ2v) is 3.16. The van der Waals surface area contributed by atoms with Crippen LogP contribution in [0.15, 0.2) is 0 Å². The van der Waals surface area contributed by atoms with E-state index < -0.39 is 0 Å². The van der Waals surface area contributed by atoms with Crippen molar-refractivity contribution in [2.24, 2.45) is 0 Å². The number of likely N-dealkylation sites (N-methyl/N-ethyl adjacent to an activating group) is 1. The van der Waals surface area contributed by atoms with Gasteiger partial charge in [0.15, 0.2) is 0 Å². The summed E-state index contributed by atoms with van der Waals surface area (Å²) in [5, 5.41) is 4.26. The monoisotopic (exact) mass is 177 g/mol. The molecule has 1 heterocycles. The smallest absolute Gasteiger partial charge is 0.0923 e. The molecule has 1 saturated heterocycles. The fourth-order valence-corrected chi connectivity index (χ4v) is 1.47. The summed E-state index contributed by atoms with van der Waals surface area (Å²) in [5.41, 5.74) is 0. The standard InChI is InChI=1S/C5H10BrN2/c1-8-3-2-7-5(6)4-8/h5H,2-4H2,1H3. The summed E-state index contributed by atoms with van der Waals surface area (Å²) in [7, 11) is 2.11. The molecule has 0 aromatic rings. The fourth-order valence-electron chi connectivity index (χ4n) is 0.775. The molecule has 2 nitrogen and oxygen atoms in total. The van der Waals surface area contributed by atoms with Crippen LogP contribution < -0.4 is 5.32 Å². The summed E-state index contributed by atoms with van der Waals surface area (Å²) in [4.78, 5) is 2.65. The molecular formula is C5H10BrN2. The lowest BCUT2D eigenvalue weighted by atomic mass is 10.4. The van der Waals surface area contributed by atoms with Crippen molar-refractivity contribution in [1.82, 2.24) is 10.2 Å². The number of alkyl halides is 1. The van der Waals surface area contributed by atoms with Crippen molar-refractivity contribution < 1.29 is 0 Å². The molecular weight excluding hydrogens is 168 g/mol. The van der Waals surface area contributed by atoms with Crippen molar-refractivity contribution in [3.05, 3.63) is 0 Å². The van der Waals surface area contributed by atoms with Gasteiger partial charge in [-0.2, -0.15) is 0 Å². The Balaban J connectivity index is 2.23. The van der Waals surface area contributed by atoms with Gasteiger partial charge in [0, 0.05) is 19.6 Å². The third-order valence-electron chi connectivity index (χ3n) is 1.27. The van der Waals surface area contributed by atoms with E-state index in [1.807, 2.05) is 0 Å². The van der Waals surface area contributed by atoms with Gasteiger partial charge in [-0.3, -0.25) is 0 Å². The predicted molar refractivity (Wildman–Crippen MR) is 37.2 cm³/mol. The molecule has 47 valence electrons. The Labute approximate surface area is 58.4 Å². The van der Waals surface area contributed by atoms with Gasteiger partial charge in [0.1, 0.15) is 0 Å². The van der Waals surface area contributed by atoms with E-state index in [2.05, 4.69) is 33.2 Å². The third kappa shape index (κ3) is 1.73. The van der Waals surface area contributed by atoms with Crippen LogP contribution >= 0.6 is 15.9 Å². The van der Waals surface area contributed by atoms with Gasteiger partial charge >= 0.3 is 0 Å². The molecule has 3 heteroatoms. The van der Waals surface area contributed by atoms with Crippen molar-refractivity contribution >= 4 is 15.9 Å². The van der Waals surface area contributed by atoms with Gasteiger partial charge in [-0.05, 0) is 7.05 Å². The minimum Gasteiger partial charge on any atom is -0.303 e. The quantitative estimate of drug-likeness (QED) is 0.384. The van der Waals surface area contributed by atoms with Gasteiger partial charge in [-0.15, -0.1) is 0 Å². The Hall–Kier alpha value is 0.400. The summed E-state index contributed by atoms with van der Waals surface area (Å²) in [6, 6.07) is 0. The fraction of sp³-hybridized carbons (Fsp3) is 1.00. The van der Waals surface area contributed by atoms with Crippen LogP contribution in [0, 0.1) is 0 Å². The lowest BCUT2D eigenvalue weighted by Gasteiger charge is -2.25. The Morgan fingerprint density at radius 3 is 2.88 bits per heavy atom. The van der Waals surface area contributed by atoms with Gasteiger partial charge in [0.2, 0.25) is 0 Å². The normalized spacial score (nSPS) is 33.0. The number of hydrogen-bond donors (Lipinski definition) is 0. The SMILES string of the molecule is CN1CC[N]C(Br)C1. The average molecular weight is 178 g/mol.